The fraction of sp³-hybridized carbons (Fsp3) is 0.300. The van der Waals surface area contributed by atoms with Crippen LogP contribution in [0.15, 0.2) is 53.6 Å². The standard InChI is InChI=1S/C20H22N8O2/c1-15-23-17(25-16-5-2-3-7-21-16)13-18(24-15)26-9-11-27(12-10-26)20(30)14-28-19(29)6-4-8-22-28/h2-8,13H,9-12,14H2,1H3,(H,21,23,24,25). The lowest BCUT2D eigenvalue weighted by molar-refractivity contribution is -0.132. The Morgan fingerprint density at radius 2 is 1.87 bits per heavy atom. The van der Waals surface area contributed by atoms with E-state index in [2.05, 4.69) is 30.3 Å². The number of carbonyl (C=O) groups is 1. The van der Waals surface area contributed by atoms with Crippen LogP contribution in [0, 0.1) is 6.92 Å². The highest BCUT2D eigenvalue weighted by atomic mass is 16.2. The molecular weight excluding hydrogens is 384 g/mol. The monoisotopic (exact) mass is 406 g/mol. The zero-order chi connectivity index (χ0) is 20.9. The van der Waals surface area contributed by atoms with Crippen molar-refractivity contribution in [3.8, 4) is 0 Å². The summed E-state index contributed by atoms with van der Waals surface area (Å²) in [5, 5.41) is 7.14. The number of amides is 1. The maximum absolute atomic E-state index is 12.5. The number of anilines is 3. The molecule has 1 fully saturated rings. The van der Waals surface area contributed by atoms with E-state index >= 15 is 0 Å². The second-order valence-electron chi connectivity index (χ2n) is 6.89. The van der Waals surface area contributed by atoms with E-state index in [1.54, 1.807) is 17.2 Å². The number of carbonyl (C=O) groups excluding carboxylic acids is 1. The van der Waals surface area contributed by atoms with Crippen molar-refractivity contribution in [2.24, 2.45) is 0 Å². The Bertz CT molecular complexity index is 1080. The van der Waals surface area contributed by atoms with Crippen molar-refractivity contribution in [2.45, 2.75) is 13.5 Å². The SMILES string of the molecule is Cc1nc(Nc2ccccn2)cc(N2CCN(C(=O)Cn3ncccc3=O)CC2)n1. The van der Waals surface area contributed by atoms with Gasteiger partial charge in [0, 0.05) is 50.7 Å². The first-order valence-corrected chi connectivity index (χ1v) is 9.67. The highest BCUT2D eigenvalue weighted by molar-refractivity contribution is 5.76. The van der Waals surface area contributed by atoms with Gasteiger partial charge in [0.05, 0.1) is 0 Å². The molecule has 3 aromatic rings. The highest BCUT2D eigenvalue weighted by Crippen LogP contribution is 2.20. The smallest absolute Gasteiger partial charge is 0.267 e. The van der Waals surface area contributed by atoms with Crippen LogP contribution in [0.1, 0.15) is 5.82 Å². The van der Waals surface area contributed by atoms with Crippen LogP contribution >= 0.6 is 0 Å². The Labute approximate surface area is 173 Å². The van der Waals surface area contributed by atoms with E-state index in [1.807, 2.05) is 31.2 Å². The first-order chi connectivity index (χ1) is 14.6. The van der Waals surface area contributed by atoms with Crippen molar-refractivity contribution >= 4 is 23.4 Å². The van der Waals surface area contributed by atoms with Crippen LogP contribution in [0.4, 0.5) is 17.5 Å². The average molecular weight is 406 g/mol. The van der Waals surface area contributed by atoms with Crippen LogP contribution in [0.5, 0.6) is 0 Å². The van der Waals surface area contributed by atoms with Crippen molar-refractivity contribution in [3.05, 3.63) is 65.0 Å². The summed E-state index contributed by atoms with van der Waals surface area (Å²) in [5.74, 6) is 2.71. The molecule has 4 heterocycles. The number of nitrogens with one attached hydrogen (secondary N) is 1. The van der Waals surface area contributed by atoms with Gasteiger partial charge in [-0.1, -0.05) is 6.07 Å². The zero-order valence-electron chi connectivity index (χ0n) is 16.6. The number of hydrogen-bond acceptors (Lipinski definition) is 8. The molecule has 0 bridgehead atoms. The molecule has 30 heavy (non-hydrogen) atoms. The zero-order valence-corrected chi connectivity index (χ0v) is 16.6. The van der Waals surface area contributed by atoms with Crippen LogP contribution in [0.3, 0.4) is 0 Å². The molecule has 0 atom stereocenters. The predicted molar refractivity (Wildman–Crippen MR) is 112 cm³/mol. The average Bonchev–Trinajstić information content (AvgIpc) is 2.76. The second-order valence-corrected chi connectivity index (χ2v) is 6.89. The predicted octanol–water partition coefficient (Wildman–Crippen LogP) is 0.829. The van der Waals surface area contributed by atoms with Crippen molar-refractivity contribution in [1.82, 2.24) is 29.6 Å². The van der Waals surface area contributed by atoms with Gasteiger partial charge in [-0.15, -0.1) is 0 Å². The van der Waals surface area contributed by atoms with Gasteiger partial charge in [-0.2, -0.15) is 5.10 Å². The lowest BCUT2D eigenvalue weighted by atomic mass is 10.3. The molecule has 10 nitrogen and oxygen atoms in total. The maximum atomic E-state index is 12.5. The van der Waals surface area contributed by atoms with Crippen molar-refractivity contribution in [3.63, 3.8) is 0 Å². The molecule has 154 valence electrons. The summed E-state index contributed by atoms with van der Waals surface area (Å²) in [4.78, 5) is 41.4. The molecule has 1 aliphatic heterocycles. The molecule has 1 N–H and O–H groups in total. The van der Waals surface area contributed by atoms with Crippen molar-refractivity contribution in [1.29, 1.82) is 0 Å². The summed E-state index contributed by atoms with van der Waals surface area (Å²) in [7, 11) is 0. The minimum Gasteiger partial charge on any atom is -0.353 e. The van der Waals surface area contributed by atoms with Crippen molar-refractivity contribution in [2.75, 3.05) is 36.4 Å². The summed E-state index contributed by atoms with van der Waals surface area (Å²) < 4.78 is 1.18. The van der Waals surface area contributed by atoms with Gasteiger partial charge in [-0.05, 0) is 25.1 Å². The van der Waals surface area contributed by atoms with Gasteiger partial charge in [-0.3, -0.25) is 9.59 Å². The lowest BCUT2D eigenvalue weighted by Gasteiger charge is -2.35. The van der Waals surface area contributed by atoms with Crippen molar-refractivity contribution < 1.29 is 4.79 Å². The topological polar surface area (TPSA) is 109 Å². The van der Waals surface area contributed by atoms with Crippen LogP contribution in [-0.2, 0) is 11.3 Å². The molecular formula is C20H22N8O2. The van der Waals surface area contributed by atoms with E-state index in [0.29, 0.717) is 43.6 Å². The third kappa shape index (κ3) is 4.59. The van der Waals surface area contributed by atoms with E-state index in [0.717, 1.165) is 5.82 Å². The van der Waals surface area contributed by atoms with E-state index < -0.39 is 0 Å². The Morgan fingerprint density at radius 1 is 1.03 bits per heavy atom. The van der Waals surface area contributed by atoms with E-state index in [-0.39, 0.29) is 18.0 Å². The highest BCUT2D eigenvalue weighted by Gasteiger charge is 2.23. The summed E-state index contributed by atoms with van der Waals surface area (Å²) >= 11 is 0. The quantitative estimate of drug-likeness (QED) is 0.664. The lowest BCUT2D eigenvalue weighted by Crippen LogP contribution is -2.50. The number of nitrogens with zero attached hydrogens (tertiary/aromatic N) is 7. The number of aromatic nitrogens is 5. The first-order valence-electron chi connectivity index (χ1n) is 9.67. The molecule has 0 aromatic carbocycles. The van der Waals surface area contributed by atoms with Crippen LogP contribution in [-0.4, -0.2) is 61.7 Å². The van der Waals surface area contributed by atoms with Crippen LogP contribution in [0.25, 0.3) is 0 Å². The molecule has 0 saturated carbocycles. The van der Waals surface area contributed by atoms with Gasteiger partial charge in [0.25, 0.3) is 5.56 Å². The minimum atomic E-state index is -0.283. The molecule has 1 aliphatic rings. The third-order valence-electron chi connectivity index (χ3n) is 4.77. The Balaban J connectivity index is 1.39. The molecule has 0 aliphatic carbocycles. The molecule has 0 unspecified atom stereocenters. The number of hydrogen-bond donors (Lipinski definition) is 1. The fourth-order valence-electron chi connectivity index (χ4n) is 3.26. The number of pyridine rings is 1. The largest absolute Gasteiger partial charge is 0.353 e. The van der Waals surface area contributed by atoms with Gasteiger partial charge >= 0.3 is 0 Å². The van der Waals surface area contributed by atoms with E-state index in [4.69, 9.17) is 0 Å². The summed E-state index contributed by atoms with van der Waals surface area (Å²) in [6.45, 7) is 4.17. The number of piperazine rings is 1. The summed E-state index contributed by atoms with van der Waals surface area (Å²) in [5.41, 5.74) is -0.283. The van der Waals surface area contributed by atoms with Gasteiger partial charge in [0.15, 0.2) is 0 Å². The molecule has 0 radical (unpaired) electrons. The van der Waals surface area contributed by atoms with Gasteiger partial charge < -0.3 is 15.1 Å². The molecule has 3 aromatic heterocycles. The minimum absolute atomic E-state index is 0.0512. The Hall–Kier alpha value is -3.82. The fourth-order valence-corrected chi connectivity index (χ4v) is 3.26. The molecule has 4 rings (SSSR count). The summed E-state index contributed by atoms with van der Waals surface area (Å²) in [6.07, 6.45) is 3.22. The third-order valence-corrected chi connectivity index (χ3v) is 4.77. The van der Waals surface area contributed by atoms with Gasteiger partial charge in [0.1, 0.15) is 29.8 Å². The summed E-state index contributed by atoms with van der Waals surface area (Å²) in [6, 6.07) is 10.5. The normalized spacial score (nSPS) is 13.9. The van der Waals surface area contributed by atoms with Gasteiger partial charge in [0.2, 0.25) is 5.91 Å². The van der Waals surface area contributed by atoms with Crippen LogP contribution < -0.4 is 15.8 Å². The first kappa shape index (κ1) is 19.5. The number of aryl methyl sites for hydroxylation is 1. The second kappa shape index (κ2) is 8.68. The molecule has 1 amide bonds. The van der Waals surface area contributed by atoms with Gasteiger partial charge in [-0.25, -0.2) is 19.6 Å². The Morgan fingerprint density at radius 3 is 2.60 bits per heavy atom. The molecule has 0 spiro atoms. The maximum Gasteiger partial charge on any atom is 0.267 e. The molecule has 1 saturated heterocycles. The Kier molecular flexibility index (Phi) is 5.64. The van der Waals surface area contributed by atoms with E-state index in [9.17, 15) is 9.59 Å². The van der Waals surface area contributed by atoms with Crippen LogP contribution in [0.2, 0.25) is 0 Å². The van der Waals surface area contributed by atoms with E-state index in [1.165, 1.54) is 16.9 Å². The number of rotatable bonds is 5. The molecule has 10 heteroatoms.